The van der Waals surface area contributed by atoms with E-state index in [0.29, 0.717) is 16.8 Å². The second kappa shape index (κ2) is 5.19. The van der Waals surface area contributed by atoms with Gasteiger partial charge in [0.15, 0.2) is 0 Å². The van der Waals surface area contributed by atoms with Gasteiger partial charge in [0.05, 0.1) is 6.20 Å². The fourth-order valence-corrected chi connectivity index (χ4v) is 1.28. The van der Waals surface area contributed by atoms with E-state index in [1.807, 2.05) is 0 Å². The fraction of sp³-hybridized carbons (Fsp3) is 0.636. The summed E-state index contributed by atoms with van der Waals surface area (Å²) in [6.45, 7) is 9.56. The number of hydrogen-bond acceptors (Lipinski definition) is 3. The highest BCUT2D eigenvalue weighted by molar-refractivity contribution is 6.33. The number of rotatable bonds is 4. The van der Waals surface area contributed by atoms with Crippen LogP contribution in [0.2, 0.25) is 10.3 Å². The van der Waals surface area contributed by atoms with Crippen molar-refractivity contribution in [2.24, 2.45) is 11.3 Å². The van der Waals surface area contributed by atoms with E-state index < -0.39 is 0 Å². The van der Waals surface area contributed by atoms with Crippen LogP contribution in [0.25, 0.3) is 0 Å². The largest absolute Gasteiger partial charge is 0.368 e. The summed E-state index contributed by atoms with van der Waals surface area (Å²) in [5, 5.41) is 3.90. The molecule has 0 unspecified atom stereocenters. The summed E-state index contributed by atoms with van der Waals surface area (Å²) >= 11 is 11.7. The summed E-state index contributed by atoms with van der Waals surface area (Å²) in [4.78, 5) is 7.85. The molecule has 0 spiro atoms. The van der Waals surface area contributed by atoms with E-state index in [2.05, 4.69) is 43.0 Å². The quantitative estimate of drug-likeness (QED) is 0.837. The molecule has 1 heterocycles. The molecule has 90 valence electrons. The number of nitrogens with zero attached hydrogens (tertiary/aromatic N) is 2. The van der Waals surface area contributed by atoms with Gasteiger partial charge in [-0.1, -0.05) is 39.3 Å². The summed E-state index contributed by atoms with van der Waals surface area (Å²) in [6.07, 6.45) is 1.50. The molecule has 1 rings (SSSR count). The van der Waals surface area contributed by atoms with E-state index in [-0.39, 0.29) is 10.7 Å². The molecule has 1 aromatic heterocycles. The van der Waals surface area contributed by atoms with Crippen LogP contribution in [0.15, 0.2) is 6.20 Å². The molecule has 0 bridgehead atoms. The lowest BCUT2D eigenvalue weighted by molar-refractivity contribution is 0.269. The minimum Gasteiger partial charge on any atom is -0.368 e. The van der Waals surface area contributed by atoms with Crippen LogP contribution in [-0.2, 0) is 0 Å². The van der Waals surface area contributed by atoms with Crippen LogP contribution in [0.5, 0.6) is 0 Å². The zero-order valence-corrected chi connectivity index (χ0v) is 11.5. The first kappa shape index (κ1) is 13.5. The van der Waals surface area contributed by atoms with Gasteiger partial charge in [0.25, 0.3) is 0 Å². The van der Waals surface area contributed by atoms with Gasteiger partial charge in [-0.15, -0.1) is 0 Å². The van der Waals surface area contributed by atoms with Crippen molar-refractivity contribution in [1.29, 1.82) is 0 Å². The molecule has 0 aliphatic carbocycles. The molecular weight excluding hydrogens is 245 g/mol. The van der Waals surface area contributed by atoms with E-state index in [9.17, 15) is 0 Å². The first-order valence-electron chi connectivity index (χ1n) is 5.25. The first-order valence-corrected chi connectivity index (χ1v) is 6.00. The monoisotopic (exact) mass is 261 g/mol. The average Bonchev–Trinajstić information content (AvgIpc) is 2.19. The van der Waals surface area contributed by atoms with Crippen molar-refractivity contribution >= 4 is 29.0 Å². The van der Waals surface area contributed by atoms with Gasteiger partial charge >= 0.3 is 0 Å². The minimum absolute atomic E-state index is 0.167. The second-order valence-corrected chi connectivity index (χ2v) is 5.58. The Bertz CT molecular complexity index is 364. The van der Waals surface area contributed by atoms with E-state index in [1.165, 1.54) is 6.20 Å². The van der Waals surface area contributed by atoms with Gasteiger partial charge in [0.2, 0.25) is 5.28 Å². The Morgan fingerprint density at radius 2 is 2.00 bits per heavy atom. The maximum atomic E-state index is 5.96. The number of nitrogens with one attached hydrogen (secondary N) is 1. The molecule has 0 fully saturated rings. The summed E-state index contributed by atoms with van der Waals surface area (Å²) in [5.41, 5.74) is 0.167. The molecule has 0 saturated carbocycles. The van der Waals surface area contributed by atoms with Gasteiger partial charge in [0, 0.05) is 6.54 Å². The van der Waals surface area contributed by atoms with Crippen LogP contribution >= 0.6 is 23.2 Å². The number of hydrogen-bond donors (Lipinski definition) is 1. The van der Waals surface area contributed by atoms with Crippen molar-refractivity contribution in [1.82, 2.24) is 9.97 Å². The molecule has 0 amide bonds. The molecule has 16 heavy (non-hydrogen) atoms. The molecular formula is C11H17Cl2N3. The predicted octanol–water partition coefficient (Wildman–Crippen LogP) is 3.88. The molecule has 0 atom stereocenters. The third-order valence-corrected chi connectivity index (χ3v) is 3.45. The maximum Gasteiger partial charge on any atom is 0.224 e. The van der Waals surface area contributed by atoms with Gasteiger partial charge in [-0.25, -0.2) is 4.98 Å². The molecule has 5 heteroatoms. The van der Waals surface area contributed by atoms with Gasteiger partial charge in [-0.3, -0.25) is 0 Å². The molecule has 0 radical (unpaired) electrons. The summed E-state index contributed by atoms with van der Waals surface area (Å²) in [5.74, 6) is 1.16. The maximum absolute atomic E-state index is 5.96. The normalized spacial score (nSPS) is 11.9. The number of halogens is 2. The average molecular weight is 262 g/mol. The van der Waals surface area contributed by atoms with Gasteiger partial charge in [0.1, 0.15) is 10.8 Å². The highest BCUT2D eigenvalue weighted by Gasteiger charge is 2.22. The third kappa shape index (κ3) is 3.49. The fourth-order valence-electron chi connectivity index (χ4n) is 0.985. The molecule has 0 saturated heterocycles. The van der Waals surface area contributed by atoms with Crippen LogP contribution in [0, 0.1) is 11.3 Å². The van der Waals surface area contributed by atoms with Crippen LogP contribution in [0.1, 0.15) is 27.7 Å². The zero-order valence-electron chi connectivity index (χ0n) is 10.0. The van der Waals surface area contributed by atoms with E-state index in [1.54, 1.807) is 0 Å². The second-order valence-electron chi connectivity index (χ2n) is 4.83. The van der Waals surface area contributed by atoms with Crippen molar-refractivity contribution < 1.29 is 0 Å². The SMILES string of the molecule is CC(C)C(C)(C)CNc1nc(Cl)ncc1Cl. The molecule has 1 aromatic rings. The Balaban J connectivity index is 2.71. The van der Waals surface area contributed by atoms with Crippen molar-refractivity contribution in [3.63, 3.8) is 0 Å². The summed E-state index contributed by atoms with van der Waals surface area (Å²) < 4.78 is 0. The lowest BCUT2D eigenvalue weighted by Crippen LogP contribution is -2.28. The number of anilines is 1. The topological polar surface area (TPSA) is 37.8 Å². The van der Waals surface area contributed by atoms with Crippen LogP contribution in [0.4, 0.5) is 5.82 Å². The minimum atomic E-state index is 0.167. The van der Waals surface area contributed by atoms with Crippen LogP contribution < -0.4 is 5.32 Å². The van der Waals surface area contributed by atoms with Crippen LogP contribution in [-0.4, -0.2) is 16.5 Å². The molecule has 0 aliphatic rings. The van der Waals surface area contributed by atoms with Crippen molar-refractivity contribution in [3.05, 3.63) is 16.5 Å². The van der Waals surface area contributed by atoms with E-state index in [4.69, 9.17) is 23.2 Å². The van der Waals surface area contributed by atoms with Crippen LogP contribution in [0.3, 0.4) is 0 Å². The highest BCUT2D eigenvalue weighted by Crippen LogP contribution is 2.27. The summed E-state index contributed by atoms with van der Waals surface area (Å²) in [6, 6.07) is 0. The van der Waals surface area contributed by atoms with Gasteiger partial charge in [-0.2, -0.15) is 4.98 Å². The van der Waals surface area contributed by atoms with E-state index >= 15 is 0 Å². The Labute approximate surface area is 107 Å². The highest BCUT2D eigenvalue weighted by atomic mass is 35.5. The predicted molar refractivity (Wildman–Crippen MR) is 69.2 cm³/mol. The molecule has 0 aliphatic heterocycles. The lowest BCUT2D eigenvalue weighted by atomic mass is 9.81. The first-order chi connectivity index (χ1) is 7.33. The number of aromatic nitrogens is 2. The molecule has 1 N–H and O–H groups in total. The Hall–Kier alpha value is -0.540. The Kier molecular flexibility index (Phi) is 4.39. The lowest BCUT2D eigenvalue weighted by Gasteiger charge is -2.29. The zero-order chi connectivity index (χ0) is 12.3. The van der Waals surface area contributed by atoms with Crippen molar-refractivity contribution in [3.8, 4) is 0 Å². The molecule has 3 nitrogen and oxygen atoms in total. The Morgan fingerprint density at radius 3 is 2.56 bits per heavy atom. The smallest absolute Gasteiger partial charge is 0.224 e. The third-order valence-electron chi connectivity index (χ3n) is 2.99. The van der Waals surface area contributed by atoms with Gasteiger partial charge in [-0.05, 0) is 22.9 Å². The van der Waals surface area contributed by atoms with Crippen molar-refractivity contribution in [2.45, 2.75) is 27.7 Å². The molecule has 0 aromatic carbocycles. The standard InChI is InChI=1S/C11H17Cl2N3/c1-7(2)11(3,4)6-15-9-8(12)5-14-10(13)16-9/h5,7H,6H2,1-4H3,(H,14,15,16). The van der Waals surface area contributed by atoms with Gasteiger partial charge < -0.3 is 5.32 Å². The van der Waals surface area contributed by atoms with Crippen molar-refractivity contribution in [2.75, 3.05) is 11.9 Å². The summed E-state index contributed by atoms with van der Waals surface area (Å²) in [7, 11) is 0. The van der Waals surface area contributed by atoms with E-state index in [0.717, 1.165) is 6.54 Å². The Morgan fingerprint density at radius 1 is 1.38 bits per heavy atom.